The third-order valence-corrected chi connectivity index (χ3v) is 5.12. The van der Waals surface area contributed by atoms with Gasteiger partial charge < -0.3 is 19.9 Å². The first kappa shape index (κ1) is 17.9. The van der Waals surface area contributed by atoms with Gasteiger partial charge in [-0.1, -0.05) is 19.9 Å². The summed E-state index contributed by atoms with van der Waals surface area (Å²) in [6, 6.07) is 6.18. The van der Waals surface area contributed by atoms with E-state index in [0.29, 0.717) is 18.9 Å². The highest BCUT2D eigenvalue weighted by Gasteiger charge is 2.29. The summed E-state index contributed by atoms with van der Waals surface area (Å²) in [5, 5.41) is 17.5. The van der Waals surface area contributed by atoms with Gasteiger partial charge in [-0.15, -0.1) is 0 Å². The van der Waals surface area contributed by atoms with E-state index in [9.17, 15) is 9.90 Å². The van der Waals surface area contributed by atoms with E-state index in [0.717, 1.165) is 47.7 Å². The molecule has 1 aromatic heterocycles. The minimum atomic E-state index is -0.940. The maximum Gasteiger partial charge on any atom is 0.356 e. The molecule has 144 valence electrons. The summed E-state index contributed by atoms with van der Waals surface area (Å²) in [5.41, 5.74) is 3.30. The van der Waals surface area contributed by atoms with Gasteiger partial charge in [-0.3, -0.25) is 4.68 Å². The number of carboxylic acid groups (broad SMARTS) is 1. The highest BCUT2D eigenvalue weighted by molar-refractivity contribution is 5.87. The predicted octanol–water partition coefficient (Wildman–Crippen LogP) is 2.61. The van der Waals surface area contributed by atoms with Gasteiger partial charge in [0.15, 0.2) is 17.2 Å². The van der Waals surface area contributed by atoms with Crippen molar-refractivity contribution in [3.05, 3.63) is 40.7 Å². The lowest BCUT2D eigenvalue weighted by molar-refractivity contribution is 0.0688. The number of hydrogen-bond acceptors (Lipinski definition) is 5. The normalized spacial score (nSPS) is 18.0. The summed E-state index contributed by atoms with van der Waals surface area (Å²) >= 11 is 0. The Morgan fingerprint density at radius 1 is 1.37 bits per heavy atom. The van der Waals surface area contributed by atoms with Crippen molar-refractivity contribution >= 4 is 5.97 Å². The molecule has 0 amide bonds. The molecule has 7 heteroatoms. The third kappa shape index (κ3) is 3.64. The molecule has 1 aliphatic carbocycles. The Kier molecular flexibility index (Phi) is 4.78. The molecule has 0 saturated heterocycles. The van der Waals surface area contributed by atoms with E-state index >= 15 is 0 Å². The number of carboxylic acids is 1. The lowest BCUT2D eigenvalue weighted by Crippen LogP contribution is -2.34. The molecule has 1 aliphatic heterocycles. The molecular weight excluding hydrogens is 346 g/mol. The van der Waals surface area contributed by atoms with Crippen LogP contribution in [0.25, 0.3) is 0 Å². The molecule has 1 atom stereocenters. The number of aromatic carboxylic acids is 1. The maximum atomic E-state index is 11.6. The highest BCUT2D eigenvalue weighted by Crippen LogP contribution is 2.32. The third-order valence-electron chi connectivity index (χ3n) is 5.12. The van der Waals surface area contributed by atoms with Crippen molar-refractivity contribution in [3.8, 4) is 11.5 Å². The number of nitrogens with zero attached hydrogens (tertiary/aromatic N) is 2. The van der Waals surface area contributed by atoms with Gasteiger partial charge in [0.05, 0.1) is 0 Å². The van der Waals surface area contributed by atoms with Crippen LogP contribution < -0.4 is 14.8 Å². The van der Waals surface area contributed by atoms with Gasteiger partial charge in [0, 0.05) is 30.4 Å². The first-order chi connectivity index (χ1) is 13.0. The molecule has 2 heterocycles. The largest absolute Gasteiger partial charge is 0.476 e. The van der Waals surface area contributed by atoms with Crippen LogP contribution in [-0.4, -0.2) is 33.7 Å². The molecule has 0 saturated carbocycles. The Bertz CT molecular complexity index is 859. The number of benzene rings is 1. The molecule has 0 bridgehead atoms. The zero-order valence-electron chi connectivity index (χ0n) is 15.7. The summed E-state index contributed by atoms with van der Waals surface area (Å²) in [7, 11) is 0. The van der Waals surface area contributed by atoms with Crippen LogP contribution >= 0.6 is 0 Å². The van der Waals surface area contributed by atoms with Crippen LogP contribution in [0.4, 0.5) is 0 Å². The van der Waals surface area contributed by atoms with E-state index in [1.54, 1.807) is 0 Å². The Balaban J connectivity index is 1.46. The zero-order valence-corrected chi connectivity index (χ0v) is 15.7. The average Bonchev–Trinajstić information content (AvgIpc) is 3.23. The summed E-state index contributed by atoms with van der Waals surface area (Å²) in [6.07, 6.45) is 2.52. The quantitative estimate of drug-likeness (QED) is 0.812. The fraction of sp³-hybridized carbons (Fsp3) is 0.500. The zero-order chi connectivity index (χ0) is 19.0. The van der Waals surface area contributed by atoms with E-state index in [4.69, 9.17) is 9.47 Å². The SMILES string of the molecule is CC(C)Cn1nc(C(=O)O)c2c1CCC(NCc1ccc3c(c1)OCO3)C2. The second kappa shape index (κ2) is 7.23. The van der Waals surface area contributed by atoms with Gasteiger partial charge in [0.25, 0.3) is 0 Å². The van der Waals surface area contributed by atoms with Gasteiger partial charge in [-0.05, 0) is 42.9 Å². The number of rotatable bonds is 6. The first-order valence-corrected chi connectivity index (χ1v) is 9.45. The van der Waals surface area contributed by atoms with Crippen molar-refractivity contribution < 1.29 is 19.4 Å². The number of fused-ring (bicyclic) bond motifs is 2. The summed E-state index contributed by atoms with van der Waals surface area (Å²) < 4.78 is 12.7. The van der Waals surface area contributed by atoms with Crippen molar-refractivity contribution in [1.82, 2.24) is 15.1 Å². The van der Waals surface area contributed by atoms with Crippen LogP contribution in [0.2, 0.25) is 0 Å². The molecule has 4 rings (SSSR count). The molecule has 0 fully saturated rings. The van der Waals surface area contributed by atoms with Gasteiger partial charge in [-0.25, -0.2) is 4.79 Å². The van der Waals surface area contributed by atoms with Crippen molar-refractivity contribution in [1.29, 1.82) is 0 Å². The van der Waals surface area contributed by atoms with Crippen LogP contribution in [0.5, 0.6) is 11.5 Å². The van der Waals surface area contributed by atoms with E-state index in [-0.39, 0.29) is 18.5 Å². The summed E-state index contributed by atoms with van der Waals surface area (Å²) in [6.45, 7) is 5.97. The Hall–Kier alpha value is -2.54. The van der Waals surface area contributed by atoms with Crippen LogP contribution in [-0.2, 0) is 25.9 Å². The van der Waals surface area contributed by atoms with Crippen molar-refractivity contribution in [2.75, 3.05) is 6.79 Å². The van der Waals surface area contributed by atoms with Crippen LogP contribution in [0, 0.1) is 5.92 Å². The minimum Gasteiger partial charge on any atom is -0.476 e. The van der Waals surface area contributed by atoms with Crippen LogP contribution in [0.15, 0.2) is 18.2 Å². The average molecular weight is 371 g/mol. The number of aromatic nitrogens is 2. The van der Waals surface area contributed by atoms with E-state index < -0.39 is 5.97 Å². The van der Waals surface area contributed by atoms with Gasteiger partial charge in [0.2, 0.25) is 6.79 Å². The monoisotopic (exact) mass is 371 g/mol. The fourth-order valence-corrected chi connectivity index (χ4v) is 3.84. The number of ether oxygens (including phenoxy) is 2. The first-order valence-electron chi connectivity index (χ1n) is 9.45. The maximum absolute atomic E-state index is 11.6. The van der Waals surface area contributed by atoms with Crippen molar-refractivity contribution in [3.63, 3.8) is 0 Å². The summed E-state index contributed by atoms with van der Waals surface area (Å²) in [5.74, 6) is 1.05. The molecular formula is C20H25N3O4. The fourth-order valence-electron chi connectivity index (χ4n) is 3.84. The van der Waals surface area contributed by atoms with E-state index in [1.165, 1.54) is 0 Å². The minimum absolute atomic E-state index is 0.209. The Morgan fingerprint density at radius 3 is 2.96 bits per heavy atom. The highest BCUT2D eigenvalue weighted by atomic mass is 16.7. The van der Waals surface area contributed by atoms with Crippen LogP contribution in [0.3, 0.4) is 0 Å². The van der Waals surface area contributed by atoms with Gasteiger partial charge in [-0.2, -0.15) is 5.10 Å². The standard InChI is InChI=1S/C20H25N3O4/c1-12(2)10-23-16-5-4-14(8-15(16)19(22-23)20(24)25)21-9-13-3-6-17-18(7-13)27-11-26-17/h3,6-7,12,14,21H,4-5,8-11H2,1-2H3,(H,24,25). The lowest BCUT2D eigenvalue weighted by atomic mass is 9.91. The molecule has 1 aromatic carbocycles. The summed E-state index contributed by atoms with van der Waals surface area (Å²) in [4.78, 5) is 11.6. The lowest BCUT2D eigenvalue weighted by Gasteiger charge is -2.25. The molecule has 27 heavy (non-hydrogen) atoms. The molecule has 0 spiro atoms. The smallest absolute Gasteiger partial charge is 0.356 e. The molecule has 7 nitrogen and oxygen atoms in total. The predicted molar refractivity (Wildman–Crippen MR) is 99.2 cm³/mol. The molecule has 1 unspecified atom stereocenters. The second-order valence-corrected chi connectivity index (χ2v) is 7.66. The van der Waals surface area contributed by atoms with Gasteiger partial charge in [0.1, 0.15) is 0 Å². The Labute approximate surface area is 158 Å². The van der Waals surface area contributed by atoms with Crippen LogP contribution in [0.1, 0.15) is 47.6 Å². The molecule has 2 aromatic rings. The number of nitrogens with one attached hydrogen (secondary N) is 1. The second-order valence-electron chi connectivity index (χ2n) is 7.66. The van der Waals surface area contributed by atoms with E-state index in [2.05, 4.69) is 24.3 Å². The molecule has 2 N–H and O–H groups in total. The molecule has 0 radical (unpaired) electrons. The van der Waals surface area contributed by atoms with E-state index in [1.807, 2.05) is 22.9 Å². The topological polar surface area (TPSA) is 85.6 Å². The number of carbonyl (C=O) groups is 1. The van der Waals surface area contributed by atoms with Gasteiger partial charge >= 0.3 is 5.97 Å². The van der Waals surface area contributed by atoms with Crippen molar-refractivity contribution in [2.45, 2.75) is 52.2 Å². The number of hydrogen-bond donors (Lipinski definition) is 2. The Morgan fingerprint density at radius 2 is 2.19 bits per heavy atom. The van der Waals surface area contributed by atoms with Crippen molar-refractivity contribution in [2.24, 2.45) is 5.92 Å². The molecule has 2 aliphatic rings.